The summed E-state index contributed by atoms with van der Waals surface area (Å²) in [5, 5.41) is 14.6. The molecule has 0 bridgehead atoms. The van der Waals surface area contributed by atoms with E-state index in [9.17, 15) is 9.59 Å². The van der Waals surface area contributed by atoms with Crippen LogP contribution in [0.15, 0.2) is 48.5 Å². The van der Waals surface area contributed by atoms with Gasteiger partial charge in [-0.15, -0.1) is 0 Å². The van der Waals surface area contributed by atoms with Crippen LogP contribution in [0.2, 0.25) is 0 Å². The summed E-state index contributed by atoms with van der Waals surface area (Å²) in [7, 11) is 0. The molecule has 2 aromatic rings. The first-order valence-electron chi connectivity index (χ1n) is 8.79. The minimum Gasteiger partial charge on any atom is -0.481 e. The van der Waals surface area contributed by atoms with Crippen LogP contribution >= 0.6 is 0 Å². The molecule has 2 aromatic carbocycles. The fourth-order valence-electron chi connectivity index (χ4n) is 2.96. The Hall–Kier alpha value is -3.22. The average Bonchev–Trinajstić information content (AvgIpc) is 3.14. The fraction of sp³-hybridized carbons (Fsp3) is 0.300. The number of benzene rings is 2. The first kappa shape index (κ1) is 18.6. The molecule has 0 aliphatic carbocycles. The maximum atomic E-state index is 12.3. The zero-order valence-corrected chi connectivity index (χ0v) is 14.8. The number of amides is 2. The van der Waals surface area contributed by atoms with Crippen LogP contribution in [0.5, 0.6) is 11.5 Å². The van der Waals surface area contributed by atoms with Gasteiger partial charge in [-0.05, 0) is 24.5 Å². The molecule has 0 aromatic heterocycles. The van der Waals surface area contributed by atoms with Gasteiger partial charge < -0.3 is 25.2 Å². The van der Waals surface area contributed by atoms with Crippen molar-refractivity contribution < 1.29 is 24.2 Å². The number of para-hydroxylation sites is 1. The molecular formula is C20H22N2O5. The molecule has 1 aliphatic rings. The van der Waals surface area contributed by atoms with Gasteiger partial charge in [-0.2, -0.15) is 0 Å². The molecule has 0 radical (unpaired) electrons. The lowest BCUT2D eigenvalue weighted by Gasteiger charge is -2.19. The molecule has 0 spiro atoms. The summed E-state index contributed by atoms with van der Waals surface area (Å²) in [5.41, 5.74) is 1.87. The lowest BCUT2D eigenvalue weighted by molar-refractivity contribution is -0.137. The highest BCUT2D eigenvalue weighted by Crippen LogP contribution is 2.35. The van der Waals surface area contributed by atoms with Crippen LogP contribution in [-0.4, -0.2) is 29.9 Å². The van der Waals surface area contributed by atoms with E-state index >= 15 is 0 Å². The van der Waals surface area contributed by atoms with Crippen molar-refractivity contribution in [2.24, 2.45) is 0 Å². The number of carboxylic acids is 1. The largest absolute Gasteiger partial charge is 0.481 e. The lowest BCUT2D eigenvalue weighted by atomic mass is 10.0. The summed E-state index contributed by atoms with van der Waals surface area (Å²) in [6.45, 7) is 0.461. The van der Waals surface area contributed by atoms with Gasteiger partial charge in [0, 0.05) is 24.6 Å². The van der Waals surface area contributed by atoms with E-state index in [1.165, 1.54) is 0 Å². The first-order valence-corrected chi connectivity index (χ1v) is 8.79. The summed E-state index contributed by atoms with van der Waals surface area (Å²) in [6.07, 6.45) is 0.920. The van der Waals surface area contributed by atoms with Crippen molar-refractivity contribution >= 4 is 12.0 Å². The fourth-order valence-corrected chi connectivity index (χ4v) is 2.96. The summed E-state index contributed by atoms with van der Waals surface area (Å²) in [6, 6.07) is 14.6. The van der Waals surface area contributed by atoms with Crippen molar-refractivity contribution in [2.45, 2.75) is 31.8 Å². The molecular weight excluding hydrogens is 348 g/mol. The van der Waals surface area contributed by atoms with Gasteiger partial charge in [-0.1, -0.05) is 42.5 Å². The molecule has 1 heterocycles. The number of hydrogen-bond donors (Lipinski definition) is 3. The van der Waals surface area contributed by atoms with Gasteiger partial charge in [0.1, 0.15) is 0 Å². The number of rotatable bonds is 8. The smallest absolute Gasteiger partial charge is 0.315 e. The number of carbonyl (C=O) groups is 2. The molecule has 7 heteroatoms. The molecule has 27 heavy (non-hydrogen) atoms. The van der Waals surface area contributed by atoms with Crippen LogP contribution in [-0.2, 0) is 17.8 Å². The third-order valence-electron chi connectivity index (χ3n) is 4.28. The summed E-state index contributed by atoms with van der Waals surface area (Å²) in [5.74, 6) is 0.426. The van der Waals surface area contributed by atoms with Crippen LogP contribution < -0.4 is 20.1 Å². The third-order valence-corrected chi connectivity index (χ3v) is 4.28. The number of nitrogens with one attached hydrogen (secondary N) is 2. The molecule has 3 rings (SSSR count). The zero-order chi connectivity index (χ0) is 19.1. The molecule has 1 unspecified atom stereocenters. The highest BCUT2D eigenvalue weighted by Gasteiger charge is 2.18. The van der Waals surface area contributed by atoms with E-state index in [1.54, 1.807) is 0 Å². The number of hydrogen-bond acceptors (Lipinski definition) is 4. The minimum absolute atomic E-state index is 0.00481. The monoisotopic (exact) mass is 370 g/mol. The van der Waals surface area contributed by atoms with Gasteiger partial charge in [0.15, 0.2) is 11.5 Å². The predicted molar refractivity (Wildman–Crippen MR) is 98.7 cm³/mol. The maximum Gasteiger partial charge on any atom is 0.315 e. The molecule has 142 valence electrons. The Kier molecular flexibility index (Phi) is 6.14. The Balaban J connectivity index is 1.57. The second-order valence-electron chi connectivity index (χ2n) is 6.30. The molecule has 0 saturated heterocycles. The quantitative estimate of drug-likeness (QED) is 0.664. The normalized spacial score (nSPS) is 13.0. The van der Waals surface area contributed by atoms with Gasteiger partial charge in [-0.25, -0.2) is 4.79 Å². The van der Waals surface area contributed by atoms with Gasteiger partial charge in [-0.3, -0.25) is 4.79 Å². The summed E-state index contributed by atoms with van der Waals surface area (Å²) >= 11 is 0. The van der Waals surface area contributed by atoms with Crippen LogP contribution in [0.25, 0.3) is 0 Å². The van der Waals surface area contributed by atoms with Crippen LogP contribution in [0.1, 0.15) is 24.0 Å². The molecule has 0 fully saturated rings. The van der Waals surface area contributed by atoms with E-state index in [-0.39, 0.29) is 31.8 Å². The van der Waals surface area contributed by atoms with E-state index in [4.69, 9.17) is 14.6 Å². The second kappa shape index (κ2) is 8.93. The number of carbonyl (C=O) groups excluding carboxylic acids is 1. The van der Waals surface area contributed by atoms with Crippen LogP contribution in [0.3, 0.4) is 0 Å². The minimum atomic E-state index is -0.882. The predicted octanol–water partition coefficient (Wildman–Crippen LogP) is 2.69. The highest BCUT2D eigenvalue weighted by atomic mass is 16.7. The number of ether oxygens (including phenoxy) is 2. The van der Waals surface area contributed by atoms with Crippen molar-refractivity contribution in [3.8, 4) is 11.5 Å². The Morgan fingerprint density at radius 2 is 1.89 bits per heavy atom. The third kappa shape index (κ3) is 5.37. The van der Waals surface area contributed by atoms with E-state index in [0.717, 1.165) is 11.1 Å². The molecule has 2 amide bonds. The second-order valence-corrected chi connectivity index (χ2v) is 6.30. The molecule has 1 atom stereocenters. The number of carboxylic acid groups (broad SMARTS) is 1. The summed E-state index contributed by atoms with van der Waals surface area (Å²) < 4.78 is 10.8. The van der Waals surface area contributed by atoms with Crippen molar-refractivity contribution in [1.82, 2.24) is 10.6 Å². The molecule has 1 aliphatic heterocycles. The SMILES string of the molecule is O=C(O)CCC(Cc1ccccc1)NC(=O)NCc1cccc2c1OCO2. The Morgan fingerprint density at radius 1 is 1.07 bits per heavy atom. The van der Waals surface area contributed by atoms with Gasteiger partial charge >= 0.3 is 12.0 Å². The number of aliphatic carboxylic acids is 1. The molecule has 7 nitrogen and oxygen atoms in total. The Morgan fingerprint density at radius 3 is 2.67 bits per heavy atom. The van der Waals surface area contributed by atoms with Gasteiger partial charge in [0.05, 0.1) is 0 Å². The van der Waals surface area contributed by atoms with E-state index in [2.05, 4.69) is 10.6 Å². The van der Waals surface area contributed by atoms with Crippen molar-refractivity contribution in [2.75, 3.05) is 6.79 Å². The topological polar surface area (TPSA) is 96.9 Å². The van der Waals surface area contributed by atoms with E-state index < -0.39 is 5.97 Å². The van der Waals surface area contributed by atoms with E-state index in [1.807, 2.05) is 48.5 Å². The number of urea groups is 1. The van der Waals surface area contributed by atoms with E-state index in [0.29, 0.717) is 24.3 Å². The Labute approximate surface area is 157 Å². The highest BCUT2D eigenvalue weighted by molar-refractivity contribution is 5.74. The molecule has 0 saturated carbocycles. The zero-order valence-electron chi connectivity index (χ0n) is 14.8. The average molecular weight is 370 g/mol. The van der Waals surface area contributed by atoms with Crippen LogP contribution in [0.4, 0.5) is 4.79 Å². The van der Waals surface area contributed by atoms with Crippen molar-refractivity contribution in [3.05, 3.63) is 59.7 Å². The van der Waals surface area contributed by atoms with Crippen LogP contribution in [0, 0.1) is 0 Å². The summed E-state index contributed by atoms with van der Waals surface area (Å²) in [4.78, 5) is 23.2. The molecule has 3 N–H and O–H groups in total. The van der Waals surface area contributed by atoms with Crippen molar-refractivity contribution in [3.63, 3.8) is 0 Å². The van der Waals surface area contributed by atoms with Gasteiger partial charge in [0.25, 0.3) is 0 Å². The number of fused-ring (bicyclic) bond motifs is 1. The maximum absolute atomic E-state index is 12.3. The van der Waals surface area contributed by atoms with Crippen molar-refractivity contribution in [1.29, 1.82) is 0 Å². The standard InChI is InChI=1S/C20H22N2O5/c23-18(24)10-9-16(11-14-5-2-1-3-6-14)22-20(25)21-12-15-7-4-8-17-19(15)27-13-26-17/h1-8,16H,9-13H2,(H,23,24)(H2,21,22,25). The van der Waals surface area contributed by atoms with Gasteiger partial charge in [0.2, 0.25) is 6.79 Å². The Bertz CT molecular complexity index is 794. The first-order chi connectivity index (χ1) is 13.1. The lowest BCUT2D eigenvalue weighted by Crippen LogP contribution is -2.43.